The summed E-state index contributed by atoms with van der Waals surface area (Å²) in [7, 11) is 0. The van der Waals surface area contributed by atoms with Crippen LogP contribution >= 0.6 is 0 Å². The maximum absolute atomic E-state index is 5.18. The third-order valence-corrected chi connectivity index (χ3v) is 5.00. The van der Waals surface area contributed by atoms with Gasteiger partial charge in [-0.2, -0.15) is 0 Å². The van der Waals surface area contributed by atoms with Crippen molar-refractivity contribution in [1.29, 1.82) is 0 Å². The average Bonchev–Trinajstić information content (AvgIpc) is 2.85. The molecule has 1 heterocycles. The lowest BCUT2D eigenvalue weighted by atomic mass is 9.99. The molecule has 0 spiro atoms. The van der Waals surface area contributed by atoms with Crippen LogP contribution < -0.4 is 0 Å². The van der Waals surface area contributed by atoms with Gasteiger partial charge in [0.1, 0.15) is 0 Å². The molecule has 2 heteroatoms. The van der Waals surface area contributed by atoms with Crippen LogP contribution in [0.5, 0.6) is 0 Å². The molecule has 1 radical (unpaired) electrons. The summed E-state index contributed by atoms with van der Waals surface area (Å²) in [6, 6.07) is 42.0. The highest BCUT2D eigenvalue weighted by Crippen LogP contribution is 2.36. The highest BCUT2D eigenvalue weighted by molar-refractivity contribution is 5.86. The van der Waals surface area contributed by atoms with Crippen molar-refractivity contribution < 1.29 is 0 Å². The highest BCUT2D eigenvalue weighted by atomic mass is 14.9. The first-order chi connectivity index (χ1) is 14.9. The summed E-state index contributed by atoms with van der Waals surface area (Å²) < 4.78 is 0. The first-order valence-electron chi connectivity index (χ1n) is 9.95. The minimum atomic E-state index is 0.834. The molecule has 141 valence electrons. The van der Waals surface area contributed by atoms with Crippen molar-refractivity contribution >= 4 is 0 Å². The van der Waals surface area contributed by atoms with E-state index >= 15 is 0 Å². The molecule has 0 atom stereocenters. The number of aromatic nitrogens is 2. The molecule has 0 aliphatic rings. The highest BCUT2D eigenvalue weighted by Gasteiger charge is 2.18. The zero-order valence-corrected chi connectivity index (χ0v) is 16.4. The Balaban J connectivity index is 1.85. The Morgan fingerprint density at radius 3 is 1.23 bits per heavy atom. The van der Waals surface area contributed by atoms with Gasteiger partial charge in [-0.15, -0.1) is 0 Å². The van der Waals surface area contributed by atoms with E-state index in [1.54, 1.807) is 0 Å². The molecule has 0 saturated carbocycles. The van der Waals surface area contributed by atoms with Gasteiger partial charge in [0.05, 0.1) is 22.8 Å². The molecule has 0 amide bonds. The first-order valence-corrected chi connectivity index (χ1v) is 9.95. The van der Waals surface area contributed by atoms with E-state index in [0.717, 1.165) is 45.0 Å². The van der Waals surface area contributed by atoms with Crippen LogP contribution in [0.15, 0.2) is 115 Å². The molecule has 0 unspecified atom stereocenters. The van der Waals surface area contributed by atoms with Crippen LogP contribution in [0.2, 0.25) is 0 Å². The number of rotatable bonds is 4. The van der Waals surface area contributed by atoms with Gasteiger partial charge >= 0.3 is 0 Å². The number of nitrogens with zero attached hydrogens (tertiary/aromatic N) is 2. The third kappa shape index (κ3) is 3.51. The molecule has 0 aliphatic carbocycles. The number of benzene rings is 4. The van der Waals surface area contributed by atoms with Gasteiger partial charge in [0.25, 0.3) is 0 Å². The summed E-state index contributed by atoms with van der Waals surface area (Å²) >= 11 is 0. The van der Waals surface area contributed by atoms with Crippen LogP contribution in [0.1, 0.15) is 0 Å². The summed E-state index contributed by atoms with van der Waals surface area (Å²) in [5.74, 6) is 0. The maximum atomic E-state index is 5.18. The second kappa shape index (κ2) is 8.14. The molecule has 1 aromatic heterocycles. The normalized spacial score (nSPS) is 10.7. The molecule has 5 rings (SSSR count). The van der Waals surface area contributed by atoms with E-state index in [1.165, 1.54) is 0 Å². The van der Waals surface area contributed by atoms with Gasteiger partial charge in [0.2, 0.25) is 0 Å². The van der Waals surface area contributed by atoms with E-state index in [1.807, 2.05) is 78.9 Å². The largest absolute Gasteiger partial charge is 0.243 e. The Labute approximate surface area is 176 Å². The molecule has 0 N–H and O–H groups in total. The van der Waals surface area contributed by atoms with E-state index < -0.39 is 0 Å². The van der Waals surface area contributed by atoms with E-state index in [2.05, 4.69) is 42.5 Å². The van der Waals surface area contributed by atoms with Crippen molar-refractivity contribution in [3.05, 3.63) is 121 Å². The van der Waals surface area contributed by atoms with Crippen LogP contribution in [0, 0.1) is 6.07 Å². The van der Waals surface area contributed by atoms with E-state index in [0.29, 0.717) is 0 Å². The van der Waals surface area contributed by atoms with E-state index in [9.17, 15) is 0 Å². The van der Waals surface area contributed by atoms with Gasteiger partial charge in [-0.1, -0.05) is 115 Å². The molecule has 0 saturated heterocycles. The predicted octanol–water partition coefficient (Wildman–Crippen LogP) is 6.94. The van der Waals surface area contributed by atoms with Crippen molar-refractivity contribution in [2.24, 2.45) is 0 Å². The molecule has 0 aliphatic heterocycles. The van der Waals surface area contributed by atoms with E-state index in [4.69, 9.17) is 9.97 Å². The Bertz CT molecular complexity index is 1050. The standard InChI is InChI=1S/C28H19N2/c1-5-13-21(14-6-1)25-26(22-15-7-2-8-16-22)30-28(24-19-11-4-12-20-24)27(29-25)23-17-9-3-10-18-23/h1-19H. The number of hydrogen-bond donors (Lipinski definition) is 0. The maximum Gasteiger partial charge on any atom is 0.0979 e. The molecular formula is C28H19N2. The summed E-state index contributed by atoms with van der Waals surface area (Å²) in [6.45, 7) is 0. The lowest BCUT2D eigenvalue weighted by molar-refractivity contribution is 1.21. The second-order valence-corrected chi connectivity index (χ2v) is 6.99. The summed E-state index contributed by atoms with van der Waals surface area (Å²) in [5.41, 5.74) is 7.49. The fraction of sp³-hybridized carbons (Fsp3) is 0. The lowest BCUT2D eigenvalue weighted by Crippen LogP contribution is -2.00. The topological polar surface area (TPSA) is 25.8 Å². The molecule has 2 nitrogen and oxygen atoms in total. The SMILES string of the molecule is [c]1ccccc1-c1nc(-c2ccccc2)c(-c2ccccc2)nc1-c1ccccc1. The van der Waals surface area contributed by atoms with Gasteiger partial charge < -0.3 is 0 Å². The summed E-state index contributed by atoms with van der Waals surface area (Å²) in [4.78, 5) is 10.4. The van der Waals surface area contributed by atoms with Gasteiger partial charge in [0, 0.05) is 22.3 Å². The Morgan fingerprint density at radius 1 is 0.400 bits per heavy atom. The fourth-order valence-corrected chi connectivity index (χ4v) is 3.56. The van der Waals surface area contributed by atoms with Crippen LogP contribution in [-0.4, -0.2) is 9.97 Å². The molecule has 4 aromatic carbocycles. The smallest absolute Gasteiger partial charge is 0.0979 e. The van der Waals surface area contributed by atoms with Crippen LogP contribution in [-0.2, 0) is 0 Å². The minimum absolute atomic E-state index is 0.834. The van der Waals surface area contributed by atoms with Gasteiger partial charge in [-0.25, -0.2) is 9.97 Å². The quantitative estimate of drug-likeness (QED) is 0.336. The number of hydrogen-bond acceptors (Lipinski definition) is 2. The molecule has 5 aromatic rings. The zero-order chi connectivity index (χ0) is 20.2. The van der Waals surface area contributed by atoms with Gasteiger partial charge in [0.15, 0.2) is 0 Å². The Hall–Kier alpha value is -4.04. The van der Waals surface area contributed by atoms with Crippen LogP contribution in [0.3, 0.4) is 0 Å². The van der Waals surface area contributed by atoms with Crippen LogP contribution in [0.25, 0.3) is 45.0 Å². The molecule has 0 fully saturated rings. The molecular weight excluding hydrogens is 364 g/mol. The fourth-order valence-electron chi connectivity index (χ4n) is 3.56. The molecule has 30 heavy (non-hydrogen) atoms. The summed E-state index contributed by atoms with van der Waals surface area (Å²) in [6.07, 6.45) is 0. The van der Waals surface area contributed by atoms with Crippen molar-refractivity contribution in [1.82, 2.24) is 9.97 Å². The molecule has 0 bridgehead atoms. The van der Waals surface area contributed by atoms with Crippen LogP contribution in [0.4, 0.5) is 0 Å². The summed E-state index contributed by atoms with van der Waals surface area (Å²) in [5, 5.41) is 0. The average molecular weight is 383 g/mol. The van der Waals surface area contributed by atoms with Crippen molar-refractivity contribution in [3.8, 4) is 45.0 Å². The third-order valence-electron chi connectivity index (χ3n) is 5.00. The van der Waals surface area contributed by atoms with Crippen molar-refractivity contribution in [2.45, 2.75) is 0 Å². The monoisotopic (exact) mass is 383 g/mol. The predicted molar refractivity (Wildman–Crippen MR) is 123 cm³/mol. The van der Waals surface area contributed by atoms with Crippen molar-refractivity contribution in [2.75, 3.05) is 0 Å². The lowest BCUT2D eigenvalue weighted by Gasteiger charge is -2.15. The zero-order valence-electron chi connectivity index (χ0n) is 16.4. The minimum Gasteiger partial charge on any atom is -0.243 e. The van der Waals surface area contributed by atoms with Gasteiger partial charge in [-0.3, -0.25) is 0 Å². The van der Waals surface area contributed by atoms with Gasteiger partial charge in [-0.05, 0) is 6.07 Å². The Kier molecular flexibility index (Phi) is 4.89. The van der Waals surface area contributed by atoms with Crippen molar-refractivity contribution in [3.63, 3.8) is 0 Å². The second-order valence-electron chi connectivity index (χ2n) is 6.99. The first kappa shape index (κ1) is 18.0. The van der Waals surface area contributed by atoms with E-state index in [-0.39, 0.29) is 0 Å². The Morgan fingerprint density at radius 2 is 0.800 bits per heavy atom.